The van der Waals surface area contributed by atoms with Gasteiger partial charge >= 0.3 is 5.97 Å². The number of carbonyl (C=O) groups excluding carboxylic acids is 2. The first-order valence-electron chi connectivity index (χ1n) is 8.43. The first kappa shape index (κ1) is 20.5. The average Bonchev–Trinajstić information content (AvgIpc) is 3.35. The molecule has 3 heterocycles. The molecule has 1 N–H and O–H groups in total. The lowest BCUT2D eigenvalue weighted by molar-refractivity contribution is -0.142. The zero-order chi connectivity index (χ0) is 20.1. The number of aryl methyl sites for hydroxylation is 1. The average molecular weight is 438 g/mol. The Morgan fingerprint density at radius 2 is 2.11 bits per heavy atom. The number of thiophene rings is 1. The van der Waals surface area contributed by atoms with E-state index in [1.54, 1.807) is 23.6 Å². The van der Waals surface area contributed by atoms with Crippen molar-refractivity contribution in [2.24, 2.45) is 7.05 Å². The molecule has 3 rings (SSSR count). The zero-order valence-corrected chi connectivity index (χ0v) is 18.0. The predicted octanol–water partition coefficient (Wildman–Crippen LogP) is 3.14. The molecule has 0 aromatic carbocycles. The van der Waals surface area contributed by atoms with E-state index in [1.165, 1.54) is 28.0 Å². The van der Waals surface area contributed by atoms with E-state index in [4.69, 9.17) is 4.74 Å². The monoisotopic (exact) mass is 437 g/mol. The molecular formula is C17H19N5O3S3. The van der Waals surface area contributed by atoms with Crippen LogP contribution in [0.2, 0.25) is 0 Å². The van der Waals surface area contributed by atoms with E-state index in [0.29, 0.717) is 22.6 Å². The van der Waals surface area contributed by atoms with E-state index in [9.17, 15) is 9.59 Å². The molecule has 0 spiro atoms. The normalized spacial score (nSPS) is 10.8. The third-order valence-corrected chi connectivity index (χ3v) is 6.27. The van der Waals surface area contributed by atoms with Crippen molar-refractivity contribution in [1.82, 2.24) is 19.7 Å². The van der Waals surface area contributed by atoms with Crippen molar-refractivity contribution in [3.63, 3.8) is 0 Å². The van der Waals surface area contributed by atoms with E-state index in [0.717, 1.165) is 11.4 Å². The van der Waals surface area contributed by atoms with Crippen LogP contribution in [0.3, 0.4) is 0 Å². The van der Waals surface area contributed by atoms with Gasteiger partial charge in [-0.1, -0.05) is 11.8 Å². The number of esters is 1. The topological polar surface area (TPSA) is 99.0 Å². The summed E-state index contributed by atoms with van der Waals surface area (Å²) in [4.78, 5) is 29.1. The number of thioether (sulfide) groups is 1. The van der Waals surface area contributed by atoms with Gasteiger partial charge in [-0.25, -0.2) is 4.98 Å². The molecule has 3 aromatic rings. The quantitative estimate of drug-likeness (QED) is 0.427. The van der Waals surface area contributed by atoms with Crippen LogP contribution >= 0.6 is 34.4 Å². The van der Waals surface area contributed by atoms with Gasteiger partial charge in [-0.3, -0.25) is 9.59 Å². The first-order chi connectivity index (χ1) is 13.5. The molecule has 0 radical (unpaired) electrons. The summed E-state index contributed by atoms with van der Waals surface area (Å²) >= 11 is 4.24. The number of carbonyl (C=O) groups is 2. The van der Waals surface area contributed by atoms with Gasteiger partial charge < -0.3 is 14.6 Å². The van der Waals surface area contributed by atoms with Crippen LogP contribution < -0.4 is 5.32 Å². The Bertz CT molecular complexity index is 979. The molecule has 3 aromatic heterocycles. The summed E-state index contributed by atoms with van der Waals surface area (Å²) in [5.41, 5.74) is 1.60. The predicted molar refractivity (Wildman–Crippen MR) is 111 cm³/mol. The number of nitrogens with zero attached hydrogens (tertiary/aromatic N) is 4. The molecule has 0 aliphatic rings. The second-order valence-corrected chi connectivity index (χ2v) is 8.69. The molecule has 0 saturated carbocycles. The van der Waals surface area contributed by atoms with Gasteiger partial charge in [0.15, 0.2) is 16.1 Å². The van der Waals surface area contributed by atoms with Crippen molar-refractivity contribution >= 4 is 51.4 Å². The molecule has 8 nitrogen and oxygen atoms in total. The number of amides is 1. The van der Waals surface area contributed by atoms with E-state index >= 15 is 0 Å². The van der Waals surface area contributed by atoms with Crippen molar-refractivity contribution in [2.75, 3.05) is 17.7 Å². The largest absolute Gasteiger partial charge is 0.466 e. The lowest BCUT2D eigenvalue weighted by Gasteiger charge is -2.03. The maximum atomic E-state index is 12.2. The van der Waals surface area contributed by atoms with Crippen molar-refractivity contribution in [3.8, 4) is 11.4 Å². The molecule has 1 amide bonds. The third-order valence-electron chi connectivity index (χ3n) is 3.58. The molecule has 11 heteroatoms. The highest BCUT2D eigenvalue weighted by atomic mass is 32.2. The Morgan fingerprint density at radius 1 is 1.29 bits per heavy atom. The van der Waals surface area contributed by atoms with Crippen molar-refractivity contribution in [1.29, 1.82) is 0 Å². The van der Waals surface area contributed by atoms with Crippen LogP contribution in [0.4, 0.5) is 5.13 Å². The van der Waals surface area contributed by atoms with Gasteiger partial charge in [0.25, 0.3) is 0 Å². The van der Waals surface area contributed by atoms with Crippen LogP contribution in [-0.2, 0) is 27.8 Å². The molecular weight excluding hydrogens is 418 g/mol. The second kappa shape index (κ2) is 9.30. The smallest absolute Gasteiger partial charge is 0.311 e. The lowest BCUT2D eigenvalue weighted by Crippen LogP contribution is -2.14. The van der Waals surface area contributed by atoms with Crippen LogP contribution in [0.15, 0.2) is 22.0 Å². The number of ether oxygens (including phenoxy) is 1. The van der Waals surface area contributed by atoms with Gasteiger partial charge in [-0.2, -0.15) is 0 Å². The van der Waals surface area contributed by atoms with Gasteiger partial charge in [0.2, 0.25) is 5.91 Å². The first-order valence-corrected chi connectivity index (χ1v) is 11.2. The van der Waals surface area contributed by atoms with Crippen LogP contribution in [0.1, 0.15) is 17.5 Å². The van der Waals surface area contributed by atoms with Gasteiger partial charge in [0.1, 0.15) is 0 Å². The summed E-state index contributed by atoms with van der Waals surface area (Å²) in [6.07, 6.45) is 0.0960. The summed E-state index contributed by atoms with van der Waals surface area (Å²) in [5.74, 6) is 0.426. The third kappa shape index (κ3) is 5.18. The fourth-order valence-electron chi connectivity index (χ4n) is 2.34. The number of rotatable bonds is 8. The van der Waals surface area contributed by atoms with Crippen LogP contribution in [-0.4, -0.2) is 44.0 Å². The number of nitrogens with one attached hydrogen (secondary N) is 1. The molecule has 148 valence electrons. The number of anilines is 1. The molecule has 0 bridgehead atoms. The fraction of sp³-hybridized carbons (Fsp3) is 0.353. The zero-order valence-electron chi connectivity index (χ0n) is 15.6. The van der Waals surface area contributed by atoms with E-state index in [1.807, 2.05) is 23.9 Å². The Morgan fingerprint density at radius 3 is 2.82 bits per heavy atom. The minimum Gasteiger partial charge on any atom is -0.466 e. The minimum atomic E-state index is -0.333. The lowest BCUT2D eigenvalue weighted by atomic mass is 10.3. The number of hydrogen-bond donors (Lipinski definition) is 1. The van der Waals surface area contributed by atoms with Gasteiger partial charge in [0, 0.05) is 28.2 Å². The highest BCUT2D eigenvalue weighted by molar-refractivity contribution is 7.99. The molecule has 0 aliphatic heterocycles. The Balaban J connectivity index is 1.53. The Hall–Kier alpha value is -2.24. The number of aromatic nitrogens is 4. The summed E-state index contributed by atoms with van der Waals surface area (Å²) in [5, 5.41) is 16.0. The summed E-state index contributed by atoms with van der Waals surface area (Å²) < 4.78 is 6.77. The van der Waals surface area contributed by atoms with Crippen LogP contribution in [0.25, 0.3) is 11.4 Å². The fourth-order valence-corrected chi connectivity index (χ4v) is 4.46. The SMILES string of the molecule is CCOC(=O)Cc1csc(NC(=O)CSc2nnc(-c3csc(C)c3)n2C)n1. The molecule has 28 heavy (non-hydrogen) atoms. The maximum absolute atomic E-state index is 12.2. The van der Waals surface area contributed by atoms with Gasteiger partial charge in [0.05, 0.1) is 24.5 Å². The van der Waals surface area contributed by atoms with E-state index < -0.39 is 0 Å². The minimum absolute atomic E-state index is 0.0960. The molecule has 0 fully saturated rings. The second-order valence-electron chi connectivity index (χ2n) is 5.77. The van der Waals surface area contributed by atoms with Crippen molar-refractivity contribution in [3.05, 3.63) is 27.4 Å². The summed E-state index contributed by atoms with van der Waals surface area (Å²) in [6.45, 7) is 4.13. The molecule has 0 unspecified atom stereocenters. The van der Waals surface area contributed by atoms with E-state index in [-0.39, 0.29) is 24.1 Å². The highest BCUT2D eigenvalue weighted by Gasteiger charge is 2.15. The maximum Gasteiger partial charge on any atom is 0.311 e. The standard InChI is InChI=1S/C17H19N5O3S3/c1-4-25-14(24)6-12-8-27-16(18-12)19-13(23)9-28-17-21-20-15(22(17)3)11-5-10(2)26-7-11/h5,7-8H,4,6,9H2,1-3H3,(H,18,19,23). The van der Waals surface area contributed by atoms with E-state index in [2.05, 4.69) is 26.6 Å². The highest BCUT2D eigenvalue weighted by Crippen LogP contribution is 2.26. The van der Waals surface area contributed by atoms with Gasteiger partial charge in [-0.05, 0) is 19.9 Å². The van der Waals surface area contributed by atoms with Crippen molar-refractivity contribution in [2.45, 2.75) is 25.4 Å². The van der Waals surface area contributed by atoms with Crippen LogP contribution in [0.5, 0.6) is 0 Å². The molecule has 0 aliphatic carbocycles. The van der Waals surface area contributed by atoms with Crippen LogP contribution in [0, 0.1) is 6.92 Å². The molecule has 0 saturated heterocycles. The number of hydrogen-bond acceptors (Lipinski definition) is 9. The summed E-state index contributed by atoms with van der Waals surface area (Å²) in [6, 6.07) is 2.06. The Kier molecular flexibility index (Phi) is 6.81. The number of thiazole rings is 1. The Labute approximate surface area is 174 Å². The van der Waals surface area contributed by atoms with Crippen molar-refractivity contribution < 1.29 is 14.3 Å². The van der Waals surface area contributed by atoms with Gasteiger partial charge in [-0.15, -0.1) is 32.9 Å². The summed E-state index contributed by atoms with van der Waals surface area (Å²) in [7, 11) is 1.88. The molecule has 0 atom stereocenters.